The van der Waals surface area contributed by atoms with Crippen LogP contribution in [0.15, 0.2) is 59.4 Å². The average Bonchev–Trinajstić information content (AvgIpc) is 3.27. The molecular formula is C30H33FN6O3. The Balaban J connectivity index is 1.34. The molecule has 0 atom stereocenters. The van der Waals surface area contributed by atoms with Gasteiger partial charge in [-0.05, 0) is 67.5 Å². The molecule has 1 aliphatic heterocycles. The van der Waals surface area contributed by atoms with Crippen LogP contribution >= 0.6 is 0 Å². The summed E-state index contributed by atoms with van der Waals surface area (Å²) < 4.78 is 16.5. The van der Waals surface area contributed by atoms with Gasteiger partial charge in [-0.15, -0.1) is 0 Å². The Hall–Kier alpha value is -4.15. The van der Waals surface area contributed by atoms with Crippen LogP contribution in [-0.2, 0) is 25.4 Å². The van der Waals surface area contributed by atoms with E-state index in [1.54, 1.807) is 36.4 Å². The van der Waals surface area contributed by atoms with Gasteiger partial charge in [-0.3, -0.25) is 19.2 Å². The van der Waals surface area contributed by atoms with Crippen molar-refractivity contribution in [2.24, 2.45) is 7.05 Å². The third-order valence-electron chi connectivity index (χ3n) is 7.45. The highest BCUT2D eigenvalue weighted by molar-refractivity contribution is 6.04. The van der Waals surface area contributed by atoms with Gasteiger partial charge in [0.15, 0.2) is 0 Å². The van der Waals surface area contributed by atoms with Crippen LogP contribution in [-0.4, -0.2) is 55.6 Å². The van der Waals surface area contributed by atoms with E-state index >= 15 is 0 Å². The SMILES string of the molecule is Cn1nc(Cc2cc(-c3ccc(F)c(NC(=O)c4ccc(C(C)(C)CO)cc4)c3)n[nH]c2=O)cc1CN1CCC1. The topological polar surface area (TPSA) is 116 Å². The highest BCUT2D eigenvalue weighted by Gasteiger charge is 2.20. The first-order valence-electron chi connectivity index (χ1n) is 13.3. The van der Waals surface area contributed by atoms with Gasteiger partial charge in [0.25, 0.3) is 11.5 Å². The number of carbonyl (C=O) groups is 1. The summed E-state index contributed by atoms with van der Waals surface area (Å²) in [6.45, 7) is 6.78. The van der Waals surface area contributed by atoms with Crippen LogP contribution in [0.25, 0.3) is 11.3 Å². The number of anilines is 1. The fourth-order valence-electron chi connectivity index (χ4n) is 4.63. The second-order valence-corrected chi connectivity index (χ2v) is 10.9. The maximum Gasteiger partial charge on any atom is 0.267 e. The second kappa shape index (κ2) is 11.1. The van der Waals surface area contributed by atoms with Crippen LogP contribution in [0.2, 0.25) is 0 Å². The van der Waals surface area contributed by atoms with Crippen LogP contribution in [0, 0.1) is 5.82 Å². The van der Waals surface area contributed by atoms with Crippen molar-refractivity contribution in [2.45, 2.75) is 38.6 Å². The first-order valence-corrected chi connectivity index (χ1v) is 13.3. The van der Waals surface area contributed by atoms with Crippen molar-refractivity contribution < 1.29 is 14.3 Å². The zero-order valence-corrected chi connectivity index (χ0v) is 22.9. The molecular weight excluding hydrogens is 511 g/mol. The lowest BCUT2D eigenvalue weighted by molar-refractivity contribution is 0.102. The number of aliphatic hydroxyl groups excluding tert-OH is 1. The summed E-state index contributed by atoms with van der Waals surface area (Å²) in [6.07, 6.45) is 1.54. The minimum absolute atomic E-state index is 0.00261. The number of rotatable bonds is 9. The summed E-state index contributed by atoms with van der Waals surface area (Å²) in [5.41, 5.74) is 3.82. The highest BCUT2D eigenvalue weighted by atomic mass is 19.1. The van der Waals surface area contributed by atoms with E-state index in [0.29, 0.717) is 28.8 Å². The van der Waals surface area contributed by atoms with Gasteiger partial charge in [-0.1, -0.05) is 26.0 Å². The number of aryl methyl sites for hydroxylation is 1. The quantitative estimate of drug-likeness (QED) is 0.296. The minimum Gasteiger partial charge on any atom is -0.395 e. The lowest BCUT2D eigenvalue weighted by atomic mass is 9.85. The van der Waals surface area contributed by atoms with Gasteiger partial charge in [0, 0.05) is 42.1 Å². The lowest BCUT2D eigenvalue weighted by Gasteiger charge is -2.30. The number of benzene rings is 2. The summed E-state index contributed by atoms with van der Waals surface area (Å²) in [7, 11) is 1.90. The molecule has 0 unspecified atom stereocenters. The molecule has 0 spiro atoms. The Bertz CT molecular complexity index is 1590. The largest absolute Gasteiger partial charge is 0.395 e. The molecule has 1 aliphatic rings. The highest BCUT2D eigenvalue weighted by Crippen LogP contribution is 2.26. The zero-order valence-electron chi connectivity index (χ0n) is 22.9. The fourth-order valence-corrected chi connectivity index (χ4v) is 4.63. The Morgan fingerprint density at radius 1 is 1.12 bits per heavy atom. The van der Waals surface area contributed by atoms with Crippen molar-refractivity contribution in [3.05, 3.63) is 98.8 Å². The van der Waals surface area contributed by atoms with E-state index in [9.17, 15) is 19.1 Å². The van der Waals surface area contributed by atoms with Crippen LogP contribution in [0.3, 0.4) is 0 Å². The van der Waals surface area contributed by atoms with Gasteiger partial charge in [-0.2, -0.15) is 10.2 Å². The molecule has 5 rings (SSSR count). The number of carbonyl (C=O) groups excluding carboxylic acids is 1. The van der Waals surface area contributed by atoms with E-state index in [1.165, 1.54) is 18.6 Å². The molecule has 0 radical (unpaired) electrons. The molecule has 40 heavy (non-hydrogen) atoms. The van der Waals surface area contributed by atoms with Gasteiger partial charge in [0.05, 0.1) is 29.4 Å². The monoisotopic (exact) mass is 544 g/mol. The molecule has 10 heteroatoms. The molecule has 0 saturated carbocycles. The number of halogens is 1. The number of aromatic amines is 1. The lowest BCUT2D eigenvalue weighted by Crippen LogP contribution is -2.36. The smallest absolute Gasteiger partial charge is 0.267 e. The number of nitrogens with one attached hydrogen (secondary N) is 2. The number of H-pyrrole nitrogens is 1. The number of likely N-dealkylation sites (tertiary alicyclic amines) is 1. The van der Waals surface area contributed by atoms with Crippen molar-refractivity contribution >= 4 is 11.6 Å². The number of hydrogen-bond donors (Lipinski definition) is 3. The first kappa shape index (κ1) is 27.4. The molecule has 1 amide bonds. The third kappa shape index (κ3) is 5.88. The van der Waals surface area contributed by atoms with Crippen molar-refractivity contribution in [3.63, 3.8) is 0 Å². The summed E-state index contributed by atoms with van der Waals surface area (Å²) in [6, 6.07) is 14.8. The first-order chi connectivity index (χ1) is 19.1. The summed E-state index contributed by atoms with van der Waals surface area (Å²) in [5, 5.41) is 23.5. The fraction of sp³-hybridized carbons (Fsp3) is 0.333. The number of aliphatic hydroxyl groups is 1. The van der Waals surface area contributed by atoms with Gasteiger partial charge in [0.1, 0.15) is 5.82 Å². The van der Waals surface area contributed by atoms with E-state index < -0.39 is 17.1 Å². The van der Waals surface area contributed by atoms with E-state index in [-0.39, 0.29) is 17.9 Å². The number of nitrogens with zero attached hydrogens (tertiary/aromatic N) is 4. The number of hydrogen-bond acceptors (Lipinski definition) is 6. The van der Waals surface area contributed by atoms with Gasteiger partial charge < -0.3 is 10.4 Å². The minimum atomic E-state index is -0.594. The maximum atomic E-state index is 14.7. The maximum absolute atomic E-state index is 14.7. The molecule has 208 valence electrons. The normalized spacial score (nSPS) is 13.7. The van der Waals surface area contributed by atoms with E-state index in [2.05, 4.69) is 25.5 Å². The average molecular weight is 545 g/mol. The van der Waals surface area contributed by atoms with E-state index in [4.69, 9.17) is 0 Å². The molecule has 0 aliphatic carbocycles. The molecule has 2 aromatic heterocycles. The molecule has 1 saturated heterocycles. The number of aromatic nitrogens is 4. The summed E-state index contributed by atoms with van der Waals surface area (Å²) >= 11 is 0. The Labute approximate surface area is 231 Å². The Morgan fingerprint density at radius 2 is 1.88 bits per heavy atom. The van der Waals surface area contributed by atoms with E-state index in [0.717, 1.165) is 36.6 Å². The molecule has 0 bridgehead atoms. The standard InChI is InChI=1S/C30H33FN6O3/c1-30(2,18-38)22-8-5-19(6-9-22)28(39)32-27-14-20(7-10-25(27)31)26-15-21(29(40)34-33-26)13-23-16-24(36(3)35-23)17-37-11-4-12-37/h5-10,14-16,38H,4,11-13,17-18H2,1-3H3,(H,32,39)(H,34,40). The van der Waals surface area contributed by atoms with Crippen molar-refractivity contribution in [1.29, 1.82) is 0 Å². The van der Waals surface area contributed by atoms with Crippen LogP contribution < -0.4 is 10.9 Å². The molecule has 2 aromatic carbocycles. The van der Waals surface area contributed by atoms with Gasteiger partial charge in [-0.25, -0.2) is 9.49 Å². The summed E-state index contributed by atoms with van der Waals surface area (Å²) in [4.78, 5) is 27.8. The second-order valence-electron chi connectivity index (χ2n) is 10.9. The number of amides is 1. The predicted octanol–water partition coefficient (Wildman–Crippen LogP) is 3.63. The van der Waals surface area contributed by atoms with Crippen LogP contribution in [0.5, 0.6) is 0 Å². The molecule has 1 fully saturated rings. The van der Waals surface area contributed by atoms with Crippen molar-refractivity contribution in [2.75, 3.05) is 25.0 Å². The Morgan fingerprint density at radius 3 is 2.55 bits per heavy atom. The molecule has 3 N–H and O–H groups in total. The van der Waals surface area contributed by atoms with E-state index in [1.807, 2.05) is 31.6 Å². The van der Waals surface area contributed by atoms with Crippen molar-refractivity contribution in [3.8, 4) is 11.3 Å². The zero-order chi connectivity index (χ0) is 28.4. The van der Waals surface area contributed by atoms with Gasteiger partial charge >= 0.3 is 0 Å². The predicted molar refractivity (Wildman–Crippen MR) is 151 cm³/mol. The van der Waals surface area contributed by atoms with Crippen LogP contribution in [0.4, 0.5) is 10.1 Å². The molecule has 4 aromatic rings. The van der Waals surface area contributed by atoms with Crippen molar-refractivity contribution in [1.82, 2.24) is 24.9 Å². The van der Waals surface area contributed by atoms with Crippen LogP contribution in [0.1, 0.15) is 53.1 Å². The molecule has 3 heterocycles. The third-order valence-corrected chi connectivity index (χ3v) is 7.45. The van der Waals surface area contributed by atoms with Gasteiger partial charge in [0.2, 0.25) is 0 Å². The summed E-state index contributed by atoms with van der Waals surface area (Å²) in [5.74, 6) is -1.06. The molecule has 9 nitrogen and oxygen atoms in total. The Kier molecular flexibility index (Phi) is 7.64.